The zero-order valence-electron chi connectivity index (χ0n) is 11.7. The summed E-state index contributed by atoms with van der Waals surface area (Å²) in [6, 6.07) is 8.15. The number of aromatic nitrogens is 4. The Kier molecular flexibility index (Phi) is 3.19. The van der Waals surface area contributed by atoms with E-state index in [1.807, 2.05) is 41.4 Å². The predicted molar refractivity (Wildman–Crippen MR) is 80.7 cm³/mol. The lowest BCUT2D eigenvalue weighted by atomic mass is 10.2. The Morgan fingerprint density at radius 2 is 2.20 bits per heavy atom. The number of hydrogen-bond acceptors (Lipinski definition) is 3. The third kappa shape index (κ3) is 1.97. The van der Waals surface area contributed by atoms with E-state index in [0.29, 0.717) is 11.4 Å². The SMILES string of the molecule is COCc1cccc(-n2c(=S)[nH]c3c(C)nn(C)c32)c1. The van der Waals surface area contributed by atoms with Crippen LogP contribution in [0.3, 0.4) is 0 Å². The third-order valence-electron chi connectivity index (χ3n) is 3.32. The molecule has 2 heterocycles. The summed E-state index contributed by atoms with van der Waals surface area (Å²) in [4.78, 5) is 3.23. The van der Waals surface area contributed by atoms with E-state index < -0.39 is 0 Å². The van der Waals surface area contributed by atoms with Crippen molar-refractivity contribution in [3.63, 3.8) is 0 Å². The second kappa shape index (κ2) is 4.88. The molecule has 104 valence electrons. The summed E-state index contributed by atoms with van der Waals surface area (Å²) < 4.78 is 9.71. The molecule has 20 heavy (non-hydrogen) atoms. The van der Waals surface area contributed by atoms with Crippen LogP contribution in [0.2, 0.25) is 0 Å². The maximum Gasteiger partial charge on any atom is 0.184 e. The number of ether oxygens (including phenoxy) is 1. The van der Waals surface area contributed by atoms with Crippen molar-refractivity contribution in [2.24, 2.45) is 7.05 Å². The molecular weight excluding hydrogens is 272 g/mol. The van der Waals surface area contributed by atoms with Gasteiger partial charge in [0.1, 0.15) is 5.52 Å². The lowest BCUT2D eigenvalue weighted by molar-refractivity contribution is 0.185. The highest BCUT2D eigenvalue weighted by atomic mass is 32.1. The van der Waals surface area contributed by atoms with Gasteiger partial charge in [0, 0.05) is 14.2 Å². The minimum absolute atomic E-state index is 0.582. The first kappa shape index (κ1) is 13.1. The first-order valence-corrected chi connectivity index (χ1v) is 6.75. The summed E-state index contributed by atoms with van der Waals surface area (Å²) in [5.74, 6) is 0. The van der Waals surface area contributed by atoms with Crippen molar-refractivity contribution in [2.45, 2.75) is 13.5 Å². The molecule has 0 aliphatic rings. The molecule has 0 spiro atoms. The van der Waals surface area contributed by atoms with Crippen LogP contribution in [0.4, 0.5) is 0 Å². The van der Waals surface area contributed by atoms with Crippen molar-refractivity contribution < 1.29 is 4.74 Å². The molecule has 0 unspecified atom stereocenters. The van der Waals surface area contributed by atoms with Gasteiger partial charge in [0.05, 0.1) is 18.0 Å². The fraction of sp³-hybridized carbons (Fsp3) is 0.286. The number of aryl methyl sites for hydroxylation is 2. The van der Waals surface area contributed by atoms with Crippen LogP contribution in [0.15, 0.2) is 24.3 Å². The Labute approximate surface area is 121 Å². The minimum Gasteiger partial charge on any atom is -0.380 e. The first-order valence-electron chi connectivity index (χ1n) is 6.34. The van der Waals surface area contributed by atoms with Gasteiger partial charge in [0.15, 0.2) is 10.4 Å². The van der Waals surface area contributed by atoms with Gasteiger partial charge in [-0.05, 0) is 36.8 Å². The van der Waals surface area contributed by atoms with E-state index in [4.69, 9.17) is 17.0 Å². The lowest BCUT2D eigenvalue weighted by Gasteiger charge is -2.07. The zero-order valence-corrected chi connectivity index (χ0v) is 12.5. The Morgan fingerprint density at radius 1 is 1.40 bits per heavy atom. The molecule has 0 aliphatic heterocycles. The molecule has 6 heteroatoms. The van der Waals surface area contributed by atoms with Gasteiger partial charge in [-0.15, -0.1) is 0 Å². The van der Waals surface area contributed by atoms with E-state index in [1.54, 1.807) is 7.11 Å². The number of rotatable bonds is 3. The molecule has 0 saturated carbocycles. The molecule has 0 atom stereocenters. The van der Waals surface area contributed by atoms with Gasteiger partial charge in [-0.1, -0.05) is 12.1 Å². The average molecular weight is 288 g/mol. The quantitative estimate of drug-likeness (QED) is 0.754. The monoisotopic (exact) mass is 288 g/mol. The van der Waals surface area contributed by atoms with Crippen LogP contribution in [-0.4, -0.2) is 26.4 Å². The van der Waals surface area contributed by atoms with Gasteiger partial charge in [-0.2, -0.15) is 5.10 Å². The van der Waals surface area contributed by atoms with E-state index in [9.17, 15) is 0 Å². The molecule has 0 aliphatic carbocycles. The number of fused-ring (bicyclic) bond motifs is 1. The number of hydrogen-bond donors (Lipinski definition) is 1. The molecule has 0 saturated heterocycles. The van der Waals surface area contributed by atoms with E-state index in [2.05, 4.69) is 16.1 Å². The van der Waals surface area contributed by atoms with Gasteiger partial charge in [0.25, 0.3) is 0 Å². The number of methoxy groups -OCH3 is 1. The number of aromatic amines is 1. The zero-order chi connectivity index (χ0) is 14.3. The van der Waals surface area contributed by atoms with Crippen LogP contribution in [0.5, 0.6) is 0 Å². The highest BCUT2D eigenvalue weighted by Crippen LogP contribution is 2.22. The van der Waals surface area contributed by atoms with E-state index >= 15 is 0 Å². The highest BCUT2D eigenvalue weighted by Gasteiger charge is 2.14. The van der Waals surface area contributed by atoms with Crippen LogP contribution in [0.25, 0.3) is 16.9 Å². The molecule has 5 nitrogen and oxygen atoms in total. The minimum atomic E-state index is 0.582. The molecule has 3 rings (SSSR count). The molecule has 1 N–H and O–H groups in total. The maximum atomic E-state index is 5.45. The van der Waals surface area contributed by atoms with Gasteiger partial charge < -0.3 is 9.72 Å². The van der Waals surface area contributed by atoms with Gasteiger partial charge in [-0.25, -0.2) is 4.68 Å². The lowest BCUT2D eigenvalue weighted by Crippen LogP contribution is -2.01. The van der Waals surface area contributed by atoms with Gasteiger partial charge >= 0.3 is 0 Å². The van der Waals surface area contributed by atoms with Crippen LogP contribution >= 0.6 is 12.2 Å². The van der Waals surface area contributed by atoms with E-state index in [1.165, 1.54) is 0 Å². The van der Waals surface area contributed by atoms with Crippen LogP contribution in [-0.2, 0) is 18.4 Å². The van der Waals surface area contributed by atoms with Crippen molar-refractivity contribution in [1.82, 2.24) is 19.3 Å². The van der Waals surface area contributed by atoms with Gasteiger partial charge in [-0.3, -0.25) is 4.57 Å². The molecule has 0 bridgehead atoms. The summed E-state index contributed by atoms with van der Waals surface area (Å²) >= 11 is 5.45. The smallest absolute Gasteiger partial charge is 0.184 e. The van der Waals surface area contributed by atoms with E-state index in [0.717, 1.165) is 28.1 Å². The Balaban J connectivity index is 2.26. The fourth-order valence-electron chi connectivity index (χ4n) is 2.50. The van der Waals surface area contributed by atoms with Crippen LogP contribution in [0.1, 0.15) is 11.3 Å². The van der Waals surface area contributed by atoms with Crippen molar-refractivity contribution in [1.29, 1.82) is 0 Å². The summed E-state index contributed by atoms with van der Waals surface area (Å²) in [5.41, 5.74) is 5.02. The Hall–Kier alpha value is -1.92. The number of imidazole rings is 1. The second-order valence-corrected chi connectivity index (χ2v) is 5.16. The highest BCUT2D eigenvalue weighted by molar-refractivity contribution is 7.71. The Bertz CT molecular complexity index is 827. The molecular formula is C14H16N4OS. The summed E-state index contributed by atoms with van der Waals surface area (Å²) in [6.45, 7) is 2.55. The van der Waals surface area contributed by atoms with Crippen LogP contribution < -0.4 is 0 Å². The van der Waals surface area contributed by atoms with Gasteiger partial charge in [0.2, 0.25) is 0 Å². The Morgan fingerprint density at radius 3 is 2.95 bits per heavy atom. The molecule has 2 aromatic heterocycles. The number of H-pyrrole nitrogens is 1. The average Bonchev–Trinajstić information content (AvgIpc) is 2.89. The topological polar surface area (TPSA) is 47.8 Å². The van der Waals surface area contributed by atoms with E-state index in [-0.39, 0.29) is 0 Å². The number of nitrogens with one attached hydrogen (secondary N) is 1. The van der Waals surface area contributed by atoms with Crippen LogP contribution in [0, 0.1) is 11.7 Å². The van der Waals surface area contributed by atoms with Crippen molar-refractivity contribution in [3.8, 4) is 5.69 Å². The molecule has 0 fully saturated rings. The van der Waals surface area contributed by atoms with Crippen molar-refractivity contribution >= 4 is 23.4 Å². The molecule has 0 amide bonds. The summed E-state index contributed by atoms with van der Waals surface area (Å²) in [5, 5.41) is 4.43. The number of benzene rings is 1. The van der Waals surface area contributed by atoms with Crippen molar-refractivity contribution in [2.75, 3.05) is 7.11 Å². The standard InChI is InChI=1S/C14H16N4OS/c1-9-12-13(17(2)16-9)18(14(20)15-12)11-6-4-5-10(7-11)8-19-3/h4-7H,8H2,1-3H3,(H,15,20). The largest absolute Gasteiger partial charge is 0.380 e. The van der Waals surface area contributed by atoms with Crippen molar-refractivity contribution in [3.05, 3.63) is 40.3 Å². The molecule has 1 aromatic carbocycles. The fourth-order valence-corrected chi connectivity index (χ4v) is 2.79. The maximum absolute atomic E-state index is 5.45. The normalized spacial score (nSPS) is 11.3. The first-order chi connectivity index (χ1) is 9.61. The second-order valence-electron chi connectivity index (χ2n) is 4.78. The third-order valence-corrected chi connectivity index (χ3v) is 3.60. The molecule has 0 radical (unpaired) electrons. The summed E-state index contributed by atoms with van der Waals surface area (Å²) in [7, 11) is 3.62. The summed E-state index contributed by atoms with van der Waals surface area (Å²) in [6.07, 6.45) is 0. The predicted octanol–water partition coefficient (Wildman–Crippen LogP) is 2.88. The molecule has 3 aromatic rings. The number of nitrogens with zero attached hydrogens (tertiary/aromatic N) is 3.